The van der Waals surface area contributed by atoms with Gasteiger partial charge in [-0.15, -0.1) is 0 Å². The van der Waals surface area contributed by atoms with Crippen molar-refractivity contribution >= 4 is 23.9 Å². The minimum atomic E-state index is -1.39. The molecule has 0 saturated carbocycles. The van der Waals surface area contributed by atoms with Crippen LogP contribution in [0.3, 0.4) is 0 Å². The molecule has 0 radical (unpaired) electrons. The molecule has 0 spiro atoms. The average molecular weight is 382 g/mol. The highest BCUT2D eigenvalue weighted by Gasteiger charge is 2.27. The predicted octanol–water partition coefficient (Wildman–Crippen LogP) is 0.957. The maximum absolute atomic E-state index is 11.8. The van der Waals surface area contributed by atoms with Crippen molar-refractivity contribution in [2.75, 3.05) is 7.11 Å². The second kappa shape index (κ2) is 8.36. The van der Waals surface area contributed by atoms with E-state index in [4.69, 9.17) is 4.74 Å². The molecule has 0 aromatic heterocycles. The monoisotopic (exact) mass is 382 g/mol. The summed E-state index contributed by atoms with van der Waals surface area (Å²) >= 11 is 0. The first-order valence-corrected chi connectivity index (χ1v) is 8.38. The normalized spacial score (nSPS) is 16.1. The van der Waals surface area contributed by atoms with Crippen molar-refractivity contribution in [3.05, 3.63) is 70.8 Å². The Morgan fingerprint density at radius 2 is 1.79 bits per heavy atom. The van der Waals surface area contributed by atoms with Crippen LogP contribution in [0.4, 0.5) is 0 Å². The molecular formula is C20H18N2O6. The van der Waals surface area contributed by atoms with Gasteiger partial charge in [-0.3, -0.25) is 9.59 Å². The second-order valence-corrected chi connectivity index (χ2v) is 5.96. The molecule has 1 aliphatic heterocycles. The lowest BCUT2D eigenvalue weighted by Crippen LogP contribution is -2.55. The zero-order valence-electron chi connectivity index (χ0n) is 15.0. The third-order valence-corrected chi connectivity index (χ3v) is 3.97. The molecule has 1 fully saturated rings. The summed E-state index contributed by atoms with van der Waals surface area (Å²) in [5.41, 5.74) is 1.79. The van der Waals surface area contributed by atoms with Crippen molar-refractivity contribution in [3.63, 3.8) is 0 Å². The van der Waals surface area contributed by atoms with Crippen LogP contribution in [0.1, 0.15) is 21.5 Å². The SMILES string of the molecule is COC(=O)c1ccc(COc2cccc(C=C3C(=O)NC(O)NC3=O)c2)cc1. The first-order valence-electron chi connectivity index (χ1n) is 8.38. The van der Waals surface area contributed by atoms with E-state index in [0.29, 0.717) is 16.9 Å². The third kappa shape index (κ3) is 4.54. The Hall–Kier alpha value is -3.65. The smallest absolute Gasteiger partial charge is 0.337 e. The molecule has 0 bridgehead atoms. The van der Waals surface area contributed by atoms with Gasteiger partial charge < -0.3 is 25.2 Å². The third-order valence-electron chi connectivity index (χ3n) is 3.97. The molecule has 3 N–H and O–H groups in total. The molecule has 1 saturated heterocycles. The fourth-order valence-electron chi connectivity index (χ4n) is 2.56. The van der Waals surface area contributed by atoms with Crippen molar-refractivity contribution in [2.45, 2.75) is 13.0 Å². The van der Waals surface area contributed by atoms with Crippen molar-refractivity contribution in [1.82, 2.24) is 10.6 Å². The molecule has 2 amide bonds. The van der Waals surface area contributed by atoms with Gasteiger partial charge in [0.2, 0.25) is 6.35 Å². The number of hydrogen-bond acceptors (Lipinski definition) is 6. The van der Waals surface area contributed by atoms with E-state index in [0.717, 1.165) is 5.56 Å². The zero-order chi connectivity index (χ0) is 20.1. The van der Waals surface area contributed by atoms with E-state index in [9.17, 15) is 19.5 Å². The molecule has 2 aromatic carbocycles. The van der Waals surface area contributed by atoms with E-state index in [-0.39, 0.29) is 12.2 Å². The van der Waals surface area contributed by atoms with Gasteiger partial charge in [0, 0.05) is 0 Å². The van der Waals surface area contributed by atoms with Crippen molar-refractivity contribution in [1.29, 1.82) is 0 Å². The van der Waals surface area contributed by atoms with Gasteiger partial charge in [0.1, 0.15) is 17.9 Å². The zero-order valence-corrected chi connectivity index (χ0v) is 15.0. The minimum absolute atomic E-state index is 0.110. The van der Waals surface area contributed by atoms with Crippen LogP contribution in [0.25, 0.3) is 6.08 Å². The van der Waals surface area contributed by atoms with Crippen molar-refractivity contribution in [3.8, 4) is 5.75 Å². The van der Waals surface area contributed by atoms with E-state index in [1.165, 1.54) is 13.2 Å². The predicted molar refractivity (Wildman–Crippen MR) is 98.8 cm³/mol. The molecule has 1 aliphatic rings. The fraction of sp³-hybridized carbons (Fsp3) is 0.150. The molecule has 3 rings (SSSR count). The van der Waals surface area contributed by atoms with Gasteiger partial charge >= 0.3 is 5.97 Å². The Kier molecular flexibility index (Phi) is 5.71. The lowest BCUT2D eigenvalue weighted by molar-refractivity contribution is -0.132. The maximum atomic E-state index is 11.8. The molecule has 1 heterocycles. The second-order valence-electron chi connectivity index (χ2n) is 5.96. The van der Waals surface area contributed by atoms with Gasteiger partial charge in [-0.1, -0.05) is 24.3 Å². The quantitative estimate of drug-likeness (QED) is 0.403. The Bertz CT molecular complexity index is 916. The van der Waals surface area contributed by atoms with Gasteiger partial charge in [0.15, 0.2) is 0 Å². The number of rotatable bonds is 5. The topological polar surface area (TPSA) is 114 Å². The van der Waals surface area contributed by atoms with Crippen LogP contribution in [-0.4, -0.2) is 36.4 Å². The lowest BCUT2D eigenvalue weighted by Gasteiger charge is -2.21. The summed E-state index contributed by atoms with van der Waals surface area (Å²) in [6.07, 6.45) is 0.0200. The number of esters is 1. The Balaban J connectivity index is 1.68. The number of hydrogen-bond donors (Lipinski definition) is 3. The molecule has 144 valence electrons. The Morgan fingerprint density at radius 1 is 1.11 bits per heavy atom. The van der Waals surface area contributed by atoms with Crippen molar-refractivity contribution in [2.24, 2.45) is 0 Å². The van der Waals surface area contributed by atoms with Crippen LogP contribution in [0.5, 0.6) is 5.75 Å². The molecule has 0 unspecified atom stereocenters. The highest BCUT2D eigenvalue weighted by Crippen LogP contribution is 2.18. The molecule has 8 heteroatoms. The first-order chi connectivity index (χ1) is 13.5. The fourth-order valence-corrected chi connectivity index (χ4v) is 2.56. The number of aliphatic hydroxyl groups is 1. The highest BCUT2D eigenvalue weighted by atomic mass is 16.5. The average Bonchev–Trinajstić information content (AvgIpc) is 2.69. The van der Waals surface area contributed by atoms with Crippen LogP contribution in [0.2, 0.25) is 0 Å². The number of methoxy groups -OCH3 is 1. The summed E-state index contributed by atoms with van der Waals surface area (Å²) < 4.78 is 10.4. The summed E-state index contributed by atoms with van der Waals surface area (Å²) in [5, 5.41) is 13.7. The number of ether oxygens (including phenoxy) is 2. The summed E-state index contributed by atoms with van der Waals surface area (Å²) in [6, 6.07) is 13.7. The maximum Gasteiger partial charge on any atom is 0.337 e. The largest absolute Gasteiger partial charge is 0.489 e. The standard InChI is InChI=1S/C20H18N2O6/c1-27-19(25)14-7-5-12(6-8-14)11-28-15-4-2-3-13(9-15)10-16-17(23)21-20(26)22-18(16)24/h2-10,20,26H,11H2,1H3,(H,21,23)(H,22,24). The molecule has 0 aliphatic carbocycles. The van der Waals surface area contributed by atoms with E-state index in [2.05, 4.69) is 15.4 Å². The van der Waals surface area contributed by atoms with E-state index in [1.807, 2.05) is 0 Å². The van der Waals surface area contributed by atoms with E-state index < -0.39 is 24.1 Å². The summed E-state index contributed by atoms with van der Waals surface area (Å²) in [5.74, 6) is -1.18. The van der Waals surface area contributed by atoms with Gasteiger partial charge in [-0.05, 0) is 41.5 Å². The van der Waals surface area contributed by atoms with Crippen LogP contribution in [-0.2, 0) is 20.9 Å². The number of carbonyl (C=O) groups excluding carboxylic acids is 3. The van der Waals surface area contributed by atoms with E-state index in [1.54, 1.807) is 48.5 Å². The van der Waals surface area contributed by atoms with E-state index >= 15 is 0 Å². The van der Waals surface area contributed by atoms with Gasteiger partial charge in [0.05, 0.1) is 12.7 Å². The molecule has 28 heavy (non-hydrogen) atoms. The number of aliphatic hydroxyl groups excluding tert-OH is 1. The van der Waals surface area contributed by atoms with Gasteiger partial charge in [-0.2, -0.15) is 0 Å². The number of carbonyl (C=O) groups is 3. The molecule has 2 aromatic rings. The van der Waals surface area contributed by atoms with Gasteiger partial charge in [-0.25, -0.2) is 4.79 Å². The molecule has 8 nitrogen and oxygen atoms in total. The summed E-state index contributed by atoms with van der Waals surface area (Å²) in [6.45, 7) is 0.272. The Morgan fingerprint density at radius 3 is 2.43 bits per heavy atom. The van der Waals surface area contributed by atoms with Gasteiger partial charge in [0.25, 0.3) is 11.8 Å². The lowest BCUT2D eigenvalue weighted by atomic mass is 10.1. The van der Waals surface area contributed by atoms with Crippen LogP contribution >= 0.6 is 0 Å². The minimum Gasteiger partial charge on any atom is -0.489 e. The van der Waals surface area contributed by atoms with Crippen LogP contribution < -0.4 is 15.4 Å². The summed E-state index contributed by atoms with van der Waals surface area (Å²) in [4.78, 5) is 35.1. The number of amides is 2. The highest BCUT2D eigenvalue weighted by molar-refractivity contribution is 6.23. The summed E-state index contributed by atoms with van der Waals surface area (Å²) in [7, 11) is 1.32. The Labute approximate surface area is 160 Å². The van der Waals surface area contributed by atoms with Crippen molar-refractivity contribution < 1.29 is 29.0 Å². The van der Waals surface area contributed by atoms with Crippen LogP contribution in [0.15, 0.2) is 54.1 Å². The number of benzene rings is 2. The first kappa shape index (κ1) is 19.1. The molecule has 0 atom stereocenters. The molecular weight excluding hydrogens is 364 g/mol. The number of nitrogens with one attached hydrogen (secondary N) is 2. The van der Waals surface area contributed by atoms with Crippen LogP contribution in [0, 0.1) is 0 Å².